The fourth-order valence-electron chi connectivity index (χ4n) is 3.29. The first-order valence-electron chi connectivity index (χ1n) is 10.3. The average molecular weight is 418 g/mol. The highest BCUT2D eigenvalue weighted by atomic mass is 16.5. The van der Waals surface area contributed by atoms with Gasteiger partial charge in [0.2, 0.25) is 6.10 Å². The van der Waals surface area contributed by atoms with E-state index in [0.717, 1.165) is 0 Å². The number of carbonyl (C=O) groups is 2. The zero-order chi connectivity index (χ0) is 22.2. The Morgan fingerprint density at radius 3 is 2.26 bits per heavy atom. The van der Waals surface area contributed by atoms with Crippen LogP contribution in [0.4, 0.5) is 0 Å². The van der Waals surface area contributed by atoms with E-state index in [1.807, 2.05) is 36.4 Å². The van der Waals surface area contributed by atoms with Crippen molar-refractivity contribution < 1.29 is 19.1 Å². The summed E-state index contributed by atoms with van der Waals surface area (Å²) in [4.78, 5) is 27.5. The first-order valence-corrected chi connectivity index (χ1v) is 10.3. The minimum atomic E-state index is -1.12. The van der Waals surface area contributed by atoms with Crippen LogP contribution in [0, 0.1) is 11.3 Å². The second-order valence-electron chi connectivity index (χ2n) is 7.62. The second-order valence-corrected chi connectivity index (χ2v) is 7.62. The highest BCUT2D eigenvalue weighted by molar-refractivity contribution is 5.99. The van der Waals surface area contributed by atoms with E-state index in [2.05, 4.69) is 13.8 Å². The van der Waals surface area contributed by atoms with Gasteiger partial charge in [-0.05, 0) is 23.1 Å². The van der Waals surface area contributed by atoms with Crippen molar-refractivity contribution in [1.82, 2.24) is 4.90 Å². The Morgan fingerprint density at radius 1 is 1.03 bits per heavy atom. The fraction of sp³-hybridized carbons (Fsp3) is 0.320. The molecule has 160 valence electrons. The van der Waals surface area contributed by atoms with Crippen LogP contribution in [-0.4, -0.2) is 43.1 Å². The van der Waals surface area contributed by atoms with Gasteiger partial charge in [0.1, 0.15) is 11.6 Å². The molecule has 1 fully saturated rings. The molecule has 0 aromatic heterocycles. The molecule has 1 aliphatic rings. The van der Waals surface area contributed by atoms with Crippen molar-refractivity contribution in [2.75, 3.05) is 26.3 Å². The molecule has 0 radical (unpaired) electrons. The van der Waals surface area contributed by atoms with Crippen molar-refractivity contribution in [3.8, 4) is 6.07 Å². The molecule has 0 N–H and O–H groups in total. The molecule has 2 aromatic carbocycles. The molecule has 6 heteroatoms. The van der Waals surface area contributed by atoms with Gasteiger partial charge in [-0.3, -0.25) is 4.79 Å². The zero-order valence-electron chi connectivity index (χ0n) is 17.8. The first-order chi connectivity index (χ1) is 15.0. The summed E-state index contributed by atoms with van der Waals surface area (Å²) in [6.45, 7) is 5.94. The standard InChI is InChI=1S/C25H26N2O4/c1-18(2)20-10-8-19(9-11-20)16-22(17-26)25(29)31-23(21-6-4-3-5-7-21)24(28)27-12-14-30-15-13-27/h3-11,16,18,23H,12-15H2,1-2H3/b22-16+/t23-/m0/s1. The lowest BCUT2D eigenvalue weighted by molar-refractivity contribution is -0.159. The summed E-state index contributed by atoms with van der Waals surface area (Å²) in [7, 11) is 0. The number of esters is 1. The summed E-state index contributed by atoms with van der Waals surface area (Å²) in [5.74, 6) is -0.761. The number of hydrogen-bond acceptors (Lipinski definition) is 5. The summed E-state index contributed by atoms with van der Waals surface area (Å²) < 4.78 is 10.9. The van der Waals surface area contributed by atoms with Crippen LogP contribution >= 0.6 is 0 Å². The third-order valence-corrected chi connectivity index (χ3v) is 5.13. The molecule has 0 bridgehead atoms. The van der Waals surface area contributed by atoms with Crippen LogP contribution in [0.15, 0.2) is 60.2 Å². The number of nitrogens with zero attached hydrogens (tertiary/aromatic N) is 2. The van der Waals surface area contributed by atoms with E-state index in [1.165, 1.54) is 11.6 Å². The Labute approximate surface area is 182 Å². The molecule has 2 aromatic rings. The zero-order valence-corrected chi connectivity index (χ0v) is 17.8. The predicted octanol–water partition coefficient (Wildman–Crippen LogP) is 3.86. The Morgan fingerprint density at radius 2 is 1.68 bits per heavy atom. The number of carbonyl (C=O) groups excluding carboxylic acids is 2. The Bertz CT molecular complexity index is 969. The minimum Gasteiger partial charge on any atom is -0.443 e. The van der Waals surface area contributed by atoms with E-state index in [0.29, 0.717) is 43.3 Å². The molecular weight excluding hydrogens is 392 g/mol. The third-order valence-electron chi connectivity index (χ3n) is 5.13. The summed E-state index contributed by atoms with van der Waals surface area (Å²) in [6, 6.07) is 18.4. The smallest absolute Gasteiger partial charge is 0.350 e. The first kappa shape index (κ1) is 22.3. The largest absolute Gasteiger partial charge is 0.443 e. The maximum atomic E-state index is 13.1. The molecule has 1 saturated heterocycles. The number of hydrogen-bond donors (Lipinski definition) is 0. The average Bonchev–Trinajstić information content (AvgIpc) is 2.81. The molecular formula is C25H26N2O4. The highest BCUT2D eigenvalue weighted by Crippen LogP contribution is 2.23. The van der Waals surface area contributed by atoms with Gasteiger partial charge in [-0.15, -0.1) is 0 Å². The summed E-state index contributed by atoms with van der Waals surface area (Å²) in [5.41, 5.74) is 2.28. The maximum absolute atomic E-state index is 13.1. The van der Waals surface area contributed by atoms with E-state index < -0.39 is 12.1 Å². The van der Waals surface area contributed by atoms with Gasteiger partial charge in [0.15, 0.2) is 0 Å². The molecule has 1 amide bonds. The van der Waals surface area contributed by atoms with Gasteiger partial charge in [0, 0.05) is 18.7 Å². The molecule has 0 aliphatic carbocycles. The van der Waals surface area contributed by atoms with Crippen LogP contribution in [-0.2, 0) is 19.1 Å². The number of rotatable bonds is 6. The van der Waals surface area contributed by atoms with Crippen LogP contribution in [0.2, 0.25) is 0 Å². The van der Waals surface area contributed by atoms with Gasteiger partial charge < -0.3 is 14.4 Å². The van der Waals surface area contributed by atoms with Crippen molar-refractivity contribution in [3.63, 3.8) is 0 Å². The lowest BCUT2D eigenvalue weighted by Gasteiger charge is -2.30. The molecule has 0 saturated carbocycles. The molecule has 1 atom stereocenters. The summed E-state index contributed by atoms with van der Waals surface area (Å²) in [5, 5.41) is 9.54. The topological polar surface area (TPSA) is 79.6 Å². The van der Waals surface area contributed by atoms with E-state index in [4.69, 9.17) is 9.47 Å². The van der Waals surface area contributed by atoms with Crippen LogP contribution in [0.25, 0.3) is 6.08 Å². The van der Waals surface area contributed by atoms with Gasteiger partial charge in [-0.25, -0.2) is 4.79 Å². The number of amides is 1. The molecule has 6 nitrogen and oxygen atoms in total. The van der Waals surface area contributed by atoms with Crippen molar-refractivity contribution in [2.24, 2.45) is 0 Å². The Balaban J connectivity index is 1.82. The maximum Gasteiger partial charge on any atom is 0.350 e. The van der Waals surface area contributed by atoms with Gasteiger partial charge in [0.05, 0.1) is 13.2 Å². The van der Waals surface area contributed by atoms with Gasteiger partial charge in [-0.2, -0.15) is 5.26 Å². The normalized spacial score (nSPS) is 15.3. The third kappa shape index (κ3) is 5.80. The summed E-state index contributed by atoms with van der Waals surface area (Å²) in [6.07, 6.45) is 0.361. The van der Waals surface area contributed by atoms with Gasteiger partial charge in [0.25, 0.3) is 5.91 Å². The number of nitriles is 1. The van der Waals surface area contributed by atoms with E-state index >= 15 is 0 Å². The van der Waals surface area contributed by atoms with Crippen LogP contribution in [0.1, 0.15) is 42.6 Å². The molecule has 0 spiro atoms. The van der Waals surface area contributed by atoms with Crippen LogP contribution in [0.5, 0.6) is 0 Å². The fourth-order valence-corrected chi connectivity index (χ4v) is 3.29. The summed E-state index contributed by atoms with van der Waals surface area (Å²) >= 11 is 0. The molecule has 31 heavy (non-hydrogen) atoms. The van der Waals surface area contributed by atoms with Gasteiger partial charge in [-0.1, -0.05) is 68.4 Å². The number of morpholine rings is 1. The number of benzene rings is 2. The van der Waals surface area contributed by atoms with Gasteiger partial charge >= 0.3 is 5.97 Å². The van der Waals surface area contributed by atoms with Crippen molar-refractivity contribution in [3.05, 3.63) is 76.9 Å². The van der Waals surface area contributed by atoms with Crippen molar-refractivity contribution in [2.45, 2.75) is 25.9 Å². The van der Waals surface area contributed by atoms with E-state index in [1.54, 1.807) is 29.2 Å². The second kappa shape index (κ2) is 10.6. The lowest BCUT2D eigenvalue weighted by Crippen LogP contribution is -2.44. The molecule has 0 unspecified atom stereocenters. The van der Waals surface area contributed by atoms with E-state index in [9.17, 15) is 14.9 Å². The quantitative estimate of drug-likeness (QED) is 0.404. The molecule has 3 rings (SSSR count). The minimum absolute atomic E-state index is 0.159. The molecule has 1 aliphatic heterocycles. The van der Waals surface area contributed by atoms with Crippen molar-refractivity contribution in [1.29, 1.82) is 5.26 Å². The molecule has 1 heterocycles. The number of ether oxygens (including phenoxy) is 2. The SMILES string of the molecule is CC(C)c1ccc(/C=C(\C#N)C(=O)O[C@H](C(=O)N2CCOCC2)c2ccccc2)cc1. The highest BCUT2D eigenvalue weighted by Gasteiger charge is 2.31. The lowest BCUT2D eigenvalue weighted by atomic mass is 10.0. The van der Waals surface area contributed by atoms with Crippen molar-refractivity contribution >= 4 is 18.0 Å². The Hall–Kier alpha value is -3.43. The predicted molar refractivity (Wildman–Crippen MR) is 117 cm³/mol. The van der Waals surface area contributed by atoms with Crippen LogP contribution in [0.3, 0.4) is 0 Å². The van der Waals surface area contributed by atoms with E-state index in [-0.39, 0.29) is 11.5 Å². The Kier molecular flexibility index (Phi) is 7.58. The monoisotopic (exact) mass is 418 g/mol. The van der Waals surface area contributed by atoms with Crippen LogP contribution < -0.4 is 0 Å².